The molecule has 2 unspecified atom stereocenters. The average molecular weight is 256 g/mol. The molecule has 0 aromatic heterocycles. The first-order chi connectivity index (χ1) is 8.22. The fraction of sp³-hybridized carbons (Fsp3) is 0.500. The summed E-state index contributed by atoms with van der Waals surface area (Å²) in [5, 5.41) is 0. The van der Waals surface area contributed by atoms with Crippen LogP contribution < -0.4 is 0 Å². The first-order valence-corrected chi connectivity index (χ1v) is 7.36. The van der Waals surface area contributed by atoms with Crippen molar-refractivity contribution in [1.82, 2.24) is 0 Å². The van der Waals surface area contributed by atoms with Crippen LogP contribution in [0.25, 0.3) is 0 Å². The Hall–Kier alpha value is -0.670. The van der Waals surface area contributed by atoms with Gasteiger partial charge < -0.3 is 13.8 Å². The largest absolute Gasteiger partial charge is 0.384 e. The summed E-state index contributed by atoms with van der Waals surface area (Å²) < 4.78 is 27.9. The van der Waals surface area contributed by atoms with Gasteiger partial charge in [0.2, 0.25) is 0 Å². The lowest BCUT2D eigenvalue weighted by Crippen LogP contribution is -2.10. The Labute approximate surface area is 101 Å². The number of ether oxygens (including phenoxy) is 1. The second kappa shape index (κ2) is 5.78. The molecule has 4 nitrogen and oxygen atoms in total. The predicted octanol–water partition coefficient (Wildman–Crippen LogP) is 2.69. The number of hydrogen-bond donors (Lipinski definition) is 0. The summed E-state index contributed by atoms with van der Waals surface area (Å²) in [5.41, 5.74) is 1.00. The summed E-state index contributed by atoms with van der Waals surface area (Å²) in [7, 11) is -1.27. The summed E-state index contributed by atoms with van der Waals surface area (Å²) in [6.45, 7) is 1.36. The Balaban J connectivity index is 1.85. The van der Waals surface area contributed by atoms with Gasteiger partial charge in [-0.15, -0.1) is 0 Å². The molecule has 1 saturated heterocycles. The highest BCUT2D eigenvalue weighted by Crippen LogP contribution is 2.55. The SMILES string of the molecule is COCC1COP(=O)(OCc2ccccc2)C1. The number of methoxy groups -OCH3 is 1. The summed E-state index contributed by atoms with van der Waals surface area (Å²) in [6.07, 6.45) is 0.452. The first-order valence-electron chi connectivity index (χ1n) is 5.63. The topological polar surface area (TPSA) is 44.8 Å². The van der Waals surface area contributed by atoms with Gasteiger partial charge in [-0.1, -0.05) is 30.3 Å². The lowest BCUT2D eigenvalue weighted by atomic mass is 10.2. The van der Waals surface area contributed by atoms with E-state index >= 15 is 0 Å². The van der Waals surface area contributed by atoms with E-state index in [2.05, 4.69) is 0 Å². The van der Waals surface area contributed by atoms with Crippen molar-refractivity contribution in [2.75, 3.05) is 26.5 Å². The van der Waals surface area contributed by atoms with Crippen molar-refractivity contribution in [2.24, 2.45) is 5.92 Å². The molecule has 0 amide bonds. The van der Waals surface area contributed by atoms with E-state index < -0.39 is 7.60 Å². The van der Waals surface area contributed by atoms with E-state index in [1.165, 1.54) is 0 Å². The van der Waals surface area contributed by atoms with Crippen molar-refractivity contribution in [3.05, 3.63) is 35.9 Å². The molecule has 0 spiro atoms. The fourth-order valence-electron chi connectivity index (χ4n) is 1.81. The summed E-state index contributed by atoms with van der Waals surface area (Å²) in [6, 6.07) is 9.67. The van der Waals surface area contributed by atoms with Gasteiger partial charge in [0, 0.05) is 13.0 Å². The number of benzene rings is 1. The maximum Gasteiger partial charge on any atom is 0.331 e. The zero-order valence-corrected chi connectivity index (χ0v) is 10.8. The van der Waals surface area contributed by atoms with Gasteiger partial charge in [-0.25, -0.2) is 0 Å². The van der Waals surface area contributed by atoms with Crippen LogP contribution in [-0.4, -0.2) is 26.5 Å². The highest BCUT2D eigenvalue weighted by atomic mass is 31.2. The van der Waals surface area contributed by atoms with Gasteiger partial charge in [-0.05, 0) is 5.56 Å². The molecule has 1 fully saturated rings. The van der Waals surface area contributed by atoms with Crippen molar-refractivity contribution in [1.29, 1.82) is 0 Å². The van der Waals surface area contributed by atoms with E-state index in [-0.39, 0.29) is 5.92 Å². The average Bonchev–Trinajstić information content (AvgIpc) is 2.71. The molecule has 0 N–H and O–H groups in total. The molecular formula is C12H17O4P. The van der Waals surface area contributed by atoms with E-state index in [4.69, 9.17) is 13.8 Å². The van der Waals surface area contributed by atoms with Crippen molar-refractivity contribution in [3.8, 4) is 0 Å². The Morgan fingerprint density at radius 1 is 1.41 bits per heavy atom. The Bertz CT molecular complexity index is 393. The molecule has 1 heterocycles. The Kier molecular flexibility index (Phi) is 4.35. The van der Waals surface area contributed by atoms with Gasteiger partial charge in [-0.2, -0.15) is 0 Å². The molecule has 1 aliphatic heterocycles. The van der Waals surface area contributed by atoms with Crippen molar-refractivity contribution >= 4 is 7.60 Å². The molecule has 2 rings (SSSR count). The van der Waals surface area contributed by atoms with Crippen LogP contribution in [-0.2, 0) is 25.0 Å². The summed E-state index contributed by atoms with van der Waals surface area (Å²) in [4.78, 5) is 0. The van der Waals surface area contributed by atoms with Crippen molar-refractivity contribution < 1.29 is 18.3 Å². The minimum Gasteiger partial charge on any atom is -0.384 e. The minimum absolute atomic E-state index is 0.182. The molecule has 0 radical (unpaired) electrons. The van der Waals surface area contributed by atoms with Crippen LogP contribution in [0, 0.1) is 5.92 Å². The molecule has 1 aromatic rings. The van der Waals surface area contributed by atoms with E-state index in [0.717, 1.165) is 5.56 Å². The molecule has 17 heavy (non-hydrogen) atoms. The third-order valence-electron chi connectivity index (χ3n) is 2.66. The maximum absolute atomic E-state index is 12.2. The van der Waals surface area contributed by atoms with Gasteiger partial charge >= 0.3 is 7.60 Å². The molecule has 2 atom stereocenters. The smallest absolute Gasteiger partial charge is 0.331 e. The van der Waals surface area contributed by atoms with Crippen LogP contribution >= 0.6 is 7.60 Å². The van der Waals surface area contributed by atoms with Gasteiger partial charge in [0.05, 0.1) is 26.0 Å². The highest BCUT2D eigenvalue weighted by Gasteiger charge is 2.36. The van der Waals surface area contributed by atoms with Crippen LogP contribution in [0.3, 0.4) is 0 Å². The van der Waals surface area contributed by atoms with Crippen LogP contribution in [0.1, 0.15) is 5.56 Å². The maximum atomic E-state index is 12.2. The first kappa shape index (κ1) is 12.8. The molecule has 0 bridgehead atoms. The summed E-state index contributed by atoms with van der Waals surface area (Å²) >= 11 is 0. The Morgan fingerprint density at radius 3 is 2.88 bits per heavy atom. The van der Waals surface area contributed by atoms with Crippen LogP contribution in [0.15, 0.2) is 30.3 Å². The lowest BCUT2D eigenvalue weighted by Gasteiger charge is -2.11. The van der Waals surface area contributed by atoms with E-state index in [1.807, 2.05) is 30.3 Å². The van der Waals surface area contributed by atoms with Crippen LogP contribution in [0.4, 0.5) is 0 Å². The quantitative estimate of drug-likeness (QED) is 0.760. The van der Waals surface area contributed by atoms with Gasteiger partial charge in [0.1, 0.15) is 0 Å². The molecular weight excluding hydrogens is 239 g/mol. The van der Waals surface area contributed by atoms with E-state index in [0.29, 0.717) is 26.0 Å². The van der Waals surface area contributed by atoms with Gasteiger partial charge in [0.15, 0.2) is 0 Å². The molecule has 1 aliphatic rings. The summed E-state index contributed by atoms with van der Waals surface area (Å²) in [5.74, 6) is 0.182. The third-order valence-corrected chi connectivity index (χ3v) is 4.69. The van der Waals surface area contributed by atoms with Crippen LogP contribution in [0.5, 0.6) is 0 Å². The van der Waals surface area contributed by atoms with Gasteiger partial charge in [-0.3, -0.25) is 4.57 Å². The molecule has 5 heteroatoms. The Morgan fingerprint density at radius 2 is 2.18 bits per heavy atom. The second-order valence-corrected chi connectivity index (χ2v) is 6.27. The van der Waals surface area contributed by atoms with E-state index in [1.54, 1.807) is 7.11 Å². The zero-order chi connectivity index (χ0) is 12.1. The van der Waals surface area contributed by atoms with E-state index in [9.17, 15) is 4.57 Å². The van der Waals surface area contributed by atoms with Crippen molar-refractivity contribution in [3.63, 3.8) is 0 Å². The van der Waals surface area contributed by atoms with Crippen molar-refractivity contribution in [2.45, 2.75) is 6.61 Å². The third kappa shape index (κ3) is 3.65. The number of rotatable bonds is 5. The van der Waals surface area contributed by atoms with Crippen LogP contribution in [0.2, 0.25) is 0 Å². The predicted molar refractivity (Wildman–Crippen MR) is 65.0 cm³/mol. The minimum atomic E-state index is -2.90. The standard InChI is InChI=1S/C12H17O4P/c1-14-7-12-9-16-17(13,10-12)15-8-11-5-3-2-4-6-11/h2-6,12H,7-10H2,1H3. The normalized spacial score (nSPS) is 28.4. The van der Waals surface area contributed by atoms with Gasteiger partial charge in [0.25, 0.3) is 0 Å². The lowest BCUT2D eigenvalue weighted by molar-refractivity contribution is 0.142. The molecule has 0 saturated carbocycles. The molecule has 94 valence electrons. The second-order valence-electron chi connectivity index (χ2n) is 4.17. The molecule has 0 aliphatic carbocycles. The highest BCUT2D eigenvalue weighted by molar-refractivity contribution is 7.54. The zero-order valence-electron chi connectivity index (χ0n) is 9.87. The molecule has 1 aromatic carbocycles. The monoisotopic (exact) mass is 256 g/mol. The fourth-order valence-corrected chi connectivity index (χ4v) is 3.73. The number of hydrogen-bond acceptors (Lipinski definition) is 4.